The summed E-state index contributed by atoms with van der Waals surface area (Å²) < 4.78 is 20.5. The molecule has 0 saturated carbocycles. The number of fused-ring (bicyclic) bond motifs is 1. The van der Waals surface area contributed by atoms with Gasteiger partial charge in [0.15, 0.2) is 0 Å². The van der Waals surface area contributed by atoms with Crippen molar-refractivity contribution in [2.45, 2.75) is 50.6 Å². The molecule has 154 valence electrons. The van der Waals surface area contributed by atoms with Gasteiger partial charge in [0.2, 0.25) is 0 Å². The molecule has 0 radical (unpaired) electrons. The minimum Gasteiger partial charge on any atom is -0.406 e. The first-order valence-electron chi connectivity index (χ1n) is 10.7. The van der Waals surface area contributed by atoms with Crippen molar-refractivity contribution in [2.75, 3.05) is 19.7 Å². The molecular formula is C25H32FNOSi. The third kappa shape index (κ3) is 3.52. The first kappa shape index (κ1) is 20.5. The topological polar surface area (TPSA) is 12.5 Å². The molecular weight excluding hydrogens is 377 g/mol. The molecule has 0 aromatic heterocycles. The summed E-state index contributed by atoms with van der Waals surface area (Å²) in [6, 6.07) is 21.6. The van der Waals surface area contributed by atoms with Gasteiger partial charge in [-0.3, -0.25) is 4.90 Å². The number of nitrogens with zero attached hydrogens (tertiary/aromatic N) is 1. The number of halogens is 1. The van der Waals surface area contributed by atoms with Gasteiger partial charge in [0, 0.05) is 12.1 Å². The van der Waals surface area contributed by atoms with Crippen LogP contribution >= 0.6 is 0 Å². The molecule has 2 aromatic carbocycles. The fraction of sp³-hybridized carbons (Fsp3) is 0.440. The van der Waals surface area contributed by atoms with Gasteiger partial charge in [-0.2, -0.15) is 0 Å². The summed E-state index contributed by atoms with van der Waals surface area (Å²) in [7, 11) is -2.55. The molecule has 0 unspecified atom stereocenters. The van der Waals surface area contributed by atoms with Gasteiger partial charge < -0.3 is 4.43 Å². The molecule has 4 heteroatoms. The quantitative estimate of drug-likeness (QED) is 0.666. The van der Waals surface area contributed by atoms with Crippen LogP contribution in [0, 0.1) is 0 Å². The zero-order valence-corrected chi connectivity index (χ0v) is 18.8. The molecule has 0 amide bonds. The summed E-state index contributed by atoms with van der Waals surface area (Å²) in [5, 5.41) is 2.57. The first-order chi connectivity index (χ1) is 13.9. The van der Waals surface area contributed by atoms with Crippen molar-refractivity contribution in [1.82, 2.24) is 4.90 Å². The average molecular weight is 410 g/mol. The average Bonchev–Trinajstić information content (AvgIpc) is 3.26. The molecule has 0 N–H and O–H groups in total. The number of hydrogen-bond donors (Lipinski definition) is 0. The van der Waals surface area contributed by atoms with Crippen LogP contribution in [0.1, 0.15) is 40.0 Å². The Labute approximate surface area is 175 Å². The fourth-order valence-electron chi connectivity index (χ4n) is 5.46. The van der Waals surface area contributed by atoms with E-state index in [1.165, 1.54) is 16.8 Å². The van der Waals surface area contributed by atoms with Crippen molar-refractivity contribution in [3.63, 3.8) is 0 Å². The minimum absolute atomic E-state index is 0.0346. The van der Waals surface area contributed by atoms with Gasteiger partial charge >= 0.3 is 0 Å². The highest BCUT2D eigenvalue weighted by Gasteiger charge is 2.53. The van der Waals surface area contributed by atoms with Crippen LogP contribution in [-0.2, 0) is 4.43 Å². The second kappa shape index (κ2) is 7.82. The largest absolute Gasteiger partial charge is 0.406 e. The third-order valence-electron chi connectivity index (χ3n) is 6.82. The second-order valence-corrected chi connectivity index (χ2v) is 14.0. The second-order valence-electron chi connectivity index (χ2n) is 9.65. The fourth-order valence-corrected chi connectivity index (χ4v) is 10.1. The molecule has 4 rings (SSSR count). The van der Waals surface area contributed by atoms with Crippen LogP contribution in [-0.4, -0.2) is 38.5 Å². The van der Waals surface area contributed by atoms with E-state index < -0.39 is 8.32 Å². The van der Waals surface area contributed by atoms with E-state index in [0.717, 1.165) is 37.8 Å². The lowest BCUT2D eigenvalue weighted by Gasteiger charge is -2.45. The summed E-state index contributed by atoms with van der Waals surface area (Å²) in [6.07, 6.45) is 3.87. The normalized spacial score (nSPS) is 24.2. The van der Waals surface area contributed by atoms with Crippen molar-refractivity contribution in [3.05, 3.63) is 72.6 Å². The van der Waals surface area contributed by atoms with E-state index in [2.05, 4.69) is 86.3 Å². The predicted molar refractivity (Wildman–Crippen MR) is 121 cm³/mol. The summed E-state index contributed by atoms with van der Waals surface area (Å²) in [4.78, 5) is 2.45. The molecule has 1 atom stereocenters. The van der Waals surface area contributed by atoms with Gasteiger partial charge in [0.05, 0.1) is 12.9 Å². The van der Waals surface area contributed by atoms with Crippen molar-refractivity contribution in [3.8, 4) is 0 Å². The lowest BCUT2D eigenvalue weighted by Crippen LogP contribution is -2.68. The van der Waals surface area contributed by atoms with E-state index in [-0.39, 0.29) is 10.6 Å². The number of hydrogen-bond acceptors (Lipinski definition) is 2. The molecule has 2 aliphatic heterocycles. The van der Waals surface area contributed by atoms with E-state index in [4.69, 9.17) is 4.43 Å². The Balaban J connectivity index is 1.77. The van der Waals surface area contributed by atoms with Crippen LogP contribution < -0.4 is 10.4 Å². The molecule has 0 spiro atoms. The molecule has 2 aromatic rings. The Morgan fingerprint density at radius 2 is 1.62 bits per heavy atom. The van der Waals surface area contributed by atoms with E-state index in [1.54, 1.807) is 0 Å². The molecule has 2 aliphatic rings. The minimum atomic E-state index is -2.55. The van der Waals surface area contributed by atoms with E-state index in [1.807, 2.05) is 0 Å². The van der Waals surface area contributed by atoms with Crippen LogP contribution in [0.25, 0.3) is 0 Å². The summed E-state index contributed by atoms with van der Waals surface area (Å²) >= 11 is 0. The first-order valence-corrected chi connectivity index (χ1v) is 12.6. The molecule has 2 nitrogen and oxygen atoms in total. The van der Waals surface area contributed by atoms with Crippen LogP contribution in [0.15, 0.2) is 72.6 Å². The monoisotopic (exact) mass is 409 g/mol. The van der Waals surface area contributed by atoms with Gasteiger partial charge in [0.25, 0.3) is 8.32 Å². The highest BCUT2D eigenvalue weighted by Crippen LogP contribution is 2.44. The lowest BCUT2D eigenvalue weighted by atomic mass is 9.94. The van der Waals surface area contributed by atoms with E-state index in [9.17, 15) is 4.39 Å². The smallest absolute Gasteiger partial charge is 0.261 e. The molecule has 0 aliphatic carbocycles. The number of rotatable bonds is 5. The zero-order valence-electron chi connectivity index (χ0n) is 17.8. The maximum absolute atomic E-state index is 13.3. The Morgan fingerprint density at radius 3 is 2.14 bits per heavy atom. The van der Waals surface area contributed by atoms with Crippen LogP contribution in [0.2, 0.25) is 5.04 Å². The van der Waals surface area contributed by atoms with Crippen LogP contribution in [0.3, 0.4) is 0 Å². The highest BCUT2D eigenvalue weighted by molar-refractivity contribution is 6.99. The Morgan fingerprint density at radius 1 is 1.03 bits per heavy atom. The maximum atomic E-state index is 13.3. The Hall–Kier alpha value is -1.75. The van der Waals surface area contributed by atoms with Crippen molar-refractivity contribution in [1.29, 1.82) is 0 Å². The third-order valence-corrected chi connectivity index (χ3v) is 11.8. The predicted octanol–water partition coefficient (Wildman–Crippen LogP) is 4.65. The van der Waals surface area contributed by atoms with Crippen molar-refractivity contribution in [2.24, 2.45) is 0 Å². The van der Waals surface area contributed by atoms with Crippen molar-refractivity contribution >= 4 is 18.7 Å². The van der Waals surface area contributed by atoms with E-state index in [0.29, 0.717) is 6.61 Å². The van der Waals surface area contributed by atoms with Gasteiger partial charge in [-0.25, -0.2) is 4.39 Å². The SMILES string of the molecule is CC(C)(C)[Si](OC[C@@]12CCCN1C/C(=C\F)C2)(c1ccccc1)c1ccccc1. The molecule has 2 heterocycles. The van der Waals surface area contributed by atoms with Crippen LogP contribution in [0.4, 0.5) is 4.39 Å². The molecule has 0 bridgehead atoms. The van der Waals surface area contributed by atoms with Crippen molar-refractivity contribution < 1.29 is 8.82 Å². The summed E-state index contributed by atoms with van der Waals surface area (Å²) in [5.74, 6) is 0. The van der Waals surface area contributed by atoms with Gasteiger partial charge in [-0.05, 0) is 46.8 Å². The summed E-state index contributed by atoms with van der Waals surface area (Å²) in [5.41, 5.74) is 0.862. The Bertz CT molecular complexity index is 822. The number of benzene rings is 2. The standard InChI is InChI=1S/C25H32FNOSi/c1-24(2,3)29(22-11-6-4-7-12-22,23-13-8-5-9-14-23)28-20-25-15-10-16-27(25)19-21(17-25)18-26/h4-9,11-14,18H,10,15-17,19-20H2,1-3H3/b21-18-/t25-/m0/s1. The lowest BCUT2D eigenvalue weighted by molar-refractivity contribution is 0.108. The Kier molecular flexibility index (Phi) is 5.53. The van der Waals surface area contributed by atoms with Crippen LogP contribution in [0.5, 0.6) is 0 Å². The molecule has 29 heavy (non-hydrogen) atoms. The molecule has 2 fully saturated rings. The maximum Gasteiger partial charge on any atom is 0.261 e. The summed E-state index contributed by atoms with van der Waals surface area (Å²) in [6.45, 7) is 9.39. The van der Waals surface area contributed by atoms with E-state index >= 15 is 0 Å². The van der Waals surface area contributed by atoms with Gasteiger partial charge in [-0.1, -0.05) is 81.4 Å². The van der Waals surface area contributed by atoms with Gasteiger partial charge in [-0.15, -0.1) is 0 Å². The zero-order chi connectivity index (χ0) is 20.5. The molecule has 2 saturated heterocycles. The van der Waals surface area contributed by atoms with Gasteiger partial charge in [0.1, 0.15) is 0 Å². The highest BCUT2D eigenvalue weighted by atomic mass is 28.4.